The Bertz CT molecular complexity index is 543. The molecule has 0 fully saturated rings. The first-order valence-electron chi connectivity index (χ1n) is 16.6. The molecule has 0 aromatic rings. The van der Waals surface area contributed by atoms with E-state index >= 15 is 0 Å². The lowest BCUT2D eigenvalue weighted by atomic mass is 9.98. The van der Waals surface area contributed by atoms with Crippen LogP contribution in [0.2, 0.25) is 0 Å². The van der Waals surface area contributed by atoms with Crippen LogP contribution in [0.5, 0.6) is 0 Å². The largest absolute Gasteiger partial charge is 0.481 e. The number of carbonyl (C=O) groups excluding carboxylic acids is 1. The quantitative estimate of drug-likeness (QED) is 0.0563. The summed E-state index contributed by atoms with van der Waals surface area (Å²) in [5.41, 5.74) is 0. The number of rotatable bonds is 30. The van der Waals surface area contributed by atoms with Crippen LogP contribution < -0.4 is 0 Å². The van der Waals surface area contributed by atoms with Gasteiger partial charge in [0.1, 0.15) is 0 Å². The van der Waals surface area contributed by atoms with Gasteiger partial charge in [0, 0.05) is 0 Å². The Balaban J connectivity index is 3.35. The summed E-state index contributed by atoms with van der Waals surface area (Å²) in [4.78, 5) is 23.0. The van der Waals surface area contributed by atoms with Crippen molar-refractivity contribution in [3.05, 3.63) is 12.2 Å². The summed E-state index contributed by atoms with van der Waals surface area (Å²) in [6.45, 7) is 4.59. The van der Waals surface area contributed by atoms with Crippen molar-refractivity contribution in [2.45, 2.75) is 181 Å². The van der Waals surface area contributed by atoms with Crippen LogP contribution in [-0.2, 0) is 14.3 Å². The molecule has 0 amide bonds. The molecular weight excluding hydrogens is 472 g/mol. The molecule has 0 saturated heterocycles. The van der Waals surface area contributed by atoms with Crippen LogP contribution in [0.15, 0.2) is 12.2 Å². The number of carboxylic acids is 1. The average Bonchev–Trinajstić information content (AvgIpc) is 2.91. The van der Waals surface area contributed by atoms with E-state index in [1.807, 2.05) is 6.92 Å². The fourth-order valence-electron chi connectivity index (χ4n) is 5.02. The molecule has 1 unspecified atom stereocenters. The second-order valence-electron chi connectivity index (χ2n) is 11.4. The summed E-state index contributed by atoms with van der Waals surface area (Å²) >= 11 is 0. The number of aliphatic carboxylic acids is 1. The van der Waals surface area contributed by atoms with E-state index in [4.69, 9.17) is 4.74 Å². The highest BCUT2D eigenvalue weighted by atomic mass is 16.5. The summed E-state index contributed by atoms with van der Waals surface area (Å²) < 4.78 is 5.02. The maximum absolute atomic E-state index is 11.7. The minimum atomic E-state index is -0.890. The molecule has 0 aromatic heterocycles. The van der Waals surface area contributed by atoms with Gasteiger partial charge in [-0.15, -0.1) is 0 Å². The first-order chi connectivity index (χ1) is 18.6. The zero-order chi connectivity index (χ0) is 27.9. The Morgan fingerprint density at radius 3 is 1.37 bits per heavy atom. The zero-order valence-corrected chi connectivity index (χ0v) is 25.5. The van der Waals surface area contributed by atoms with E-state index in [2.05, 4.69) is 19.1 Å². The molecule has 4 heteroatoms. The van der Waals surface area contributed by atoms with Crippen molar-refractivity contribution < 1.29 is 19.4 Å². The summed E-state index contributed by atoms with van der Waals surface area (Å²) in [6, 6.07) is 0. The third kappa shape index (κ3) is 27.7. The van der Waals surface area contributed by atoms with Gasteiger partial charge in [0.25, 0.3) is 0 Å². The molecule has 1 atom stereocenters. The molecular formula is C34H64O4. The number of carbonyl (C=O) groups is 2. The van der Waals surface area contributed by atoms with Crippen LogP contribution in [0.25, 0.3) is 0 Å². The summed E-state index contributed by atoms with van der Waals surface area (Å²) in [7, 11) is 0. The smallest absolute Gasteiger partial charge is 0.307 e. The Morgan fingerprint density at radius 2 is 0.974 bits per heavy atom. The van der Waals surface area contributed by atoms with Crippen LogP contribution >= 0.6 is 0 Å². The lowest BCUT2D eigenvalue weighted by molar-refractivity contribution is -0.151. The van der Waals surface area contributed by atoms with Crippen molar-refractivity contribution in [2.75, 3.05) is 6.61 Å². The van der Waals surface area contributed by atoms with Gasteiger partial charge in [-0.3, -0.25) is 9.59 Å². The number of ether oxygens (including phenoxy) is 1. The number of hydrogen-bond acceptors (Lipinski definition) is 3. The van der Waals surface area contributed by atoms with Crippen molar-refractivity contribution in [1.82, 2.24) is 0 Å². The average molecular weight is 537 g/mol. The van der Waals surface area contributed by atoms with Crippen molar-refractivity contribution in [3.8, 4) is 0 Å². The van der Waals surface area contributed by atoms with Gasteiger partial charge in [0.15, 0.2) is 0 Å². The normalized spacial score (nSPS) is 12.3. The number of hydrogen-bond donors (Lipinski definition) is 1. The number of allylic oxidation sites excluding steroid dienone is 2. The molecule has 224 valence electrons. The molecule has 0 aliphatic carbocycles. The summed E-state index contributed by atoms with van der Waals surface area (Å²) in [5, 5.41) is 9.31. The Labute approximate surface area is 236 Å². The molecule has 0 aliphatic rings. The molecule has 4 nitrogen and oxygen atoms in total. The molecule has 0 heterocycles. The monoisotopic (exact) mass is 536 g/mol. The van der Waals surface area contributed by atoms with Crippen molar-refractivity contribution >= 4 is 11.9 Å². The second-order valence-corrected chi connectivity index (χ2v) is 11.4. The van der Waals surface area contributed by atoms with Crippen LogP contribution in [0.1, 0.15) is 181 Å². The van der Waals surface area contributed by atoms with Gasteiger partial charge in [0.2, 0.25) is 0 Å². The highest BCUT2D eigenvalue weighted by molar-refractivity contribution is 5.78. The lowest BCUT2D eigenvalue weighted by Gasteiger charge is -2.11. The molecule has 0 spiro atoms. The van der Waals surface area contributed by atoms with E-state index in [0.717, 1.165) is 32.1 Å². The van der Waals surface area contributed by atoms with Gasteiger partial charge in [-0.05, 0) is 38.5 Å². The highest BCUT2D eigenvalue weighted by Gasteiger charge is 2.21. The predicted octanol–water partition coefficient (Wildman–Crippen LogP) is 11.0. The first kappa shape index (κ1) is 36.7. The molecule has 38 heavy (non-hydrogen) atoms. The van der Waals surface area contributed by atoms with E-state index in [-0.39, 0.29) is 6.42 Å². The van der Waals surface area contributed by atoms with Crippen LogP contribution in [-0.4, -0.2) is 23.7 Å². The standard InChI is InChI=1S/C34H64O4/c1-3-5-6-7-8-9-10-11-12-13-14-15-16-17-18-19-20-21-22-23-24-25-26-27-28-29-32(34(36)37)31-33(35)38-30-4-2/h24-25,32H,3-23,26-31H2,1-2H3,(H,36,37)/b25-24+. The summed E-state index contributed by atoms with van der Waals surface area (Å²) in [5.74, 6) is -1.90. The number of unbranched alkanes of at least 4 members (excludes halogenated alkanes) is 21. The SMILES string of the molecule is CCCCCCCCCCCCCCCCCCCCC/C=C/CCCCC(CC(=O)OCCC)C(=O)O. The maximum atomic E-state index is 11.7. The van der Waals surface area contributed by atoms with Gasteiger partial charge in [-0.2, -0.15) is 0 Å². The van der Waals surface area contributed by atoms with Gasteiger partial charge >= 0.3 is 11.9 Å². The number of esters is 1. The topological polar surface area (TPSA) is 63.6 Å². The van der Waals surface area contributed by atoms with Gasteiger partial charge in [0.05, 0.1) is 18.9 Å². The Hall–Kier alpha value is -1.32. The fourth-order valence-corrected chi connectivity index (χ4v) is 5.02. The molecule has 0 aromatic carbocycles. The van der Waals surface area contributed by atoms with E-state index < -0.39 is 17.9 Å². The van der Waals surface area contributed by atoms with Gasteiger partial charge in [-0.1, -0.05) is 148 Å². The maximum Gasteiger partial charge on any atom is 0.307 e. The van der Waals surface area contributed by atoms with Crippen molar-refractivity contribution in [1.29, 1.82) is 0 Å². The minimum absolute atomic E-state index is 0.00935. The van der Waals surface area contributed by atoms with E-state index in [1.54, 1.807) is 0 Å². The highest BCUT2D eigenvalue weighted by Crippen LogP contribution is 2.17. The van der Waals surface area contributed by atoms with Crippen molar-refractivity contribution in [3.63, 3.8) is 0 Å². The zero-order valence-electron chi connectivity index (χ0n) is 25.5. The number of carboxylic acid groups (broad SMARTS) is 1. The van der Waals surface area contributed by atoms with E-state index in [9.17, 15) is 14.7 Å². The molecule has 0 rings (SSSR count). The van der Waals surface area contributed by atoms with Gasteiger partial charge < -0.3 is 9.84 Å². The van der Waals surface area contributed by atoms with E-state index in [1.165, 1.54) is 122 Å². The first-order valence-corrected chi connectivity index (χ1v) is 16.6. The van der Waals surface area contributed by atoms with Crippen molar-refractivity contribution in [2.24, 2.45) is 5.92 Å². The summed E-state index contributed by atoms with van der Waals surface area (Å²) in [6.07, 6.45) is 36.6. The van der Waals surface area contributed by atoms with Crippen LogP contribution in [0, 0.1) is 5.92 Å². The molecule has 0 aliphatic heterocycles. The second kappa shape index (κ2) is 30.2. The Morgan fingerprint density at radius 1 is 0.579 bits per heavy atom. The Kier molecular flexibility index (Phi) is 29.2. The predicted molar refractivity (Wildman–Crippen MR) is 163 cm³/mol. The van der Waals surface area contributed by atoms with Gasteiger partial charge in [-0.25, -0.2) is 0 Å². The van der Waals surface area contributed by atoms with Crippen LogP contribution in [0.4, 0.5) is 0 Å². The molecule has 0 radical (unpaired) electrons. The minimum Gasteiger partial charge on any atom is -0.481 e. The third-order valence-electron chi connectivity index (χ3n) is 7.54. The molecule has 0 saturated carbocycles. The lowest BCUT2D eigenvalue weighted by Crippen LogP contribution is -2.19. The molecule has 0 bridgehead atoms. The third-order valence-corrected chi connectivity index (χ3v) is 7.54. The van der Waals surface area contributed by atoms with Crippen LogP contribution in [0.3, 0.4) is 0 Å². The fraction of sp³-hybridized carbons (Fsp3) is 0.882. The molecule has 1 N–H and O–H groups in total. The van der Waals surface area contributed by atoms with E-state index in [0.29, 0.717) is 13.0 Å².